The number of allylic oxidation sites excluding steroid dienone is 2. The molecule has 2 aromatic rings. The van der Waals surface area contributed by atoms with Gasteiger partial charge in [-0.3, -0.25) is 4.57 Å². The van der Waals surface area contributed by atoms with Gasteiger partial charge in [-0.25, -0.2) is 4.98 Å². The molecule has 1 unspecified atom stereocenters. The van der Waals surface area contributed by atoms with Crippen LogP contribution in [0.25, 0.3) is 11.2 Å². The van der Waals surface area contributed by atoms with Crippen molar-refractivity contribution in [1.82, 2.24) is 19.5 Å². The summed E-state index contributed by atoms with van der Waals surface area (Å²) in [5.41, 5.74) is 6.78. The molecule has 0 radical (unpaired) electrons. The van der Waals surface area contributed by atoms with Crippen molar-refractivity contribution in [3.05, 3.63) is 18.5 Å². The molecule has 0 aromatic carbocycles. The molecule has 9 nitrogen and oxygen atoms in total. The van der Waals surface area contributed by atoms with Crippen LogP contribution in [0.3, 0.4) is 0 Å². The first kappa shape index (κ1) is 19.4. The van der Waals surface area contributed by atoms with Crippen molar-refractivity contribution in [2.75, 3.05) is 25.6 Å². The van der Waals surface area contributed by atoms with Gasteiger partial charge in [0.15, 0.2) is 11.2 Å². The van der Waals surface area contributed by atoms with Gasteiger partial charge >= 0.3 is 7.60 Å². The van der Waals surface area contributed by atoms with E-state index in [0.717, 1.165) is 12.8 Å². The number of fused-ring (bicyclic) bond motifs is 1. The molecule has 0 bridgehead atoms. The molecular weight excluding hydrogens is 345 g/mol. The molecule has 0 fully saturated rings. The minimum absolute atomic E-state index is 0.0980. The van der Waals surface area contributed by atoms with E-state index in [1.165, 1.54) is 7.11 Å². The fourth-order valence-corrected chi connectivity index (χ4v) is 3.19. The predicted octanol–water partition coefficient (Wildman–Crippen LogP) is 2.37. The molecule has 0 aliphatic carbocycles. The molecule has 2 heterocycles. The van der Waals surface area contributed by atoms with E-state index in [4.69, 9.17) is 15.0 Å². The average Bonchev–Trinajstić information content (AvgIpc) is 2.96. The Hall–Kier alpha value is -1.96. The van der Waals surface area contributed by atoms with Crippen molar-refractivity contribution in [3.8, 4) is 5.88 Å². The van der Waals surface area contributed by atoms with Crippen LogP contribution in [0.2, 0.25) is 0 Å². The lowest BCUT2D eigenvalue weighted by Crippen LogP contribution is -2.01. The zero-order valence-corrected chi connectivity index (χ0v) is 15.4. The number of nitrogens with zero attached hydrogens (tertiary/aromatic N) is 4. The van der Waals surface area contributed by atoms with Gasteiger partial charge in [0.1, 0.15) is 0 Å². The third kappa shape index (κ3) is 5.52. The van der Waals surface area contributed by atoms with Gasteiger partial charge in [-0.05, 0) is 12.8 Å². The van der Waals surface area contributed by atoms with Crippen molar-refractivity contribution >= 4 is 24.7 Å². The Balaban J connectivity index is 1.91. The fourth-order valence-electron chi connectivity index (χ4n) is 2.17. The SMILES string of the molecule is CCCCOP(=O)(O)CC/C=C\Cn1cnc2c(OC)nc(N)nc21. The number of unbranched alkanes of at least 4 members (excludes halogenated alkanes) is 1. The van der Waals surface area contributed by atoms with Gasteiger partial charge in [-0.15, -0.1) is 0 Å². The number of hydrogen-bond donors (Lipinski definition) is 2. The normalized spacial score (nSPS) is 14.2. The quantitative estimate of drug-likeness (QED) is 0.371. The van der Waals surface area contributed by atoms with E-state index in [2.05, 4.69) is 15.0 Å². The first-order valence-corrected chi connectivity index (χ1v) is 9.87. The van der Waals surface area contributed by atoms with Gasteiger partial charge < -0.3 is 24.5 Å². The fraction of sp³-hybridized carbons (Fsp3) is 0.533. The Kier molecular flexibility index (Phi) is 6.92. The molecule has 138 valence electrons. The van der Waals surface area contributed by atoms with Crippen LogP contribution >= 0.6 is 7.60 Å². The summed E-state index contributed by atoms with van der Waals surface area (Å²) in [6.07, 6.45) is 7.59. The highest BCUT2D eigenvalue weighted by Gasteiger charge is 2.17. The summed E-state index contributed by atoms with van der Waals surface area (Å²) >= 11 is 0. The van der Waals surface area contributed by atoms with E-state index in [1.807, 2.05) is 19.1 Å². The maximum Gasteiger partial charge on any atom is 0.328 e. The number of anilines is 1. The van der Waals surface area contributed by atoms with Gasteiger partial charge in [-0.1, -0.05) is 25.5 Å². The second-order valence-corrected chi connectivity index (χ2v) is 7.45. The summed E-state index contributed by atoms with van der Waals surface area (Å²) in [5, 5.41) is 0. The summed E-state index contributed by atoms with van der Waals surface area (Å²) in [7, 11) is -2.01. The molecule has 0 spiro atoms. The Bertz CT molecular complexity index is 777. The lowest BCUT2D eigenvalue weighted by molar-refractivity contribution is 0.255. The maximum atomic E-state index is 11.8. The van der Waals surface area contributed by atoms with Crippen molar-refractivity contribution in [2.45, 2.75) is 32.7 Å². The highest BCUT2D eigenvalue weighted by Crippen LogP contribution is 2.42. The van der Waals surface area contributed by atoms with E-state index in [-0.39, 0.29) is 12.1 Å². The van der Waals surface area contributed by atoms with Crippen LogP contribution in [0.1, 0.15) is 26.2 Å². The third-order valence-corrected chi connectivity index (χ3v) is 4.89. The molecule has 0 aliphatic heterocycles. The van der Waals surface area contributed by atoms with Crippen LogP contribution in [0, 0.1) is 0 Å². The Morgan fingerprint density at radius 2 is 2.20 bits per heavy atom. The van der Waals surface area contributed by atoms with E-state index < -0.39 is 7.60 Å². The summed E-state index contributed by atoms with van der Waals surface area (Å²) in [6.45, 7) is 2.82. The van der Waals surface area contributed by atoms with E-state index in [1.54, 1.807) is 10.9 Å². The molecule has 2 aromatic heterocycles. The van der Waals surface area contributed by atoms with E-state index in [0.29, 0.717) is 36.6 Å². The van der Waals surface area contributed by atoms with Crippen LogP contribution in [-0.4, -0.2) is 44.3 Å². The molecule has 10 heteroatoms. The second-order valence-electron chi connectivity index (χ2n) is 5.47. The summed E-state index contributed by atoms with van der Waals surface area (Å²) in [4.78, 5) is 22.1. The van der Waals surface area contributed by atoms with E-state index in [9.17, 15) is 9.46 Å². The van der Waals surface area contributed by atoms with Crippen LogP contribution < -0.4 is 10.5 Å². The van der Waals surface area contributed by atoms with Gasteiger partial charge in [0, 0.05) is 6.54 Å². The summed E-state index contributed by atoms with van der Waals surface area (Å²) < 4.78 is 23.8. The van der Waals surface area contributed by atoms with Crippen molar-refractivity contribution in [3.63, 3.8) is 0 Å². The summed E-state index contributed by atoms with van der Waals surface area (Å²) in [6, 6.07) is 0. The van der Waals surface area contributed by atoms with E-state index >= 15 is 0 Å². The number of ether oxygens (including phenoxy) is 1. The zero-order valence-electron chi connectivity index (χ0n) is 14.5. The molecule has 3 N–H and O–H groups in total. The Morgan fingerprint density at radius 1 is 1.40 bits per heavy atom. The predicted molar refractivity (Wildman–Crippen MR) is 95.6 cm³/mol. The van der Waals surface area contributed by atoms with Crippen LogP contribution in [0.5, 0.6) is 5.88 Å². The Morgan fingerprint density at radius 3 is 2.92 bits per heavy atom. The van der Waals surface area contributed by atoms with Gasteiger partial charge in [-0.2, -0.15) is 9.97 Å². The second kappa shape index (κ2) is 8.94. The first-order valence-electron chi connectivity index (χ1n) is 8.10. The molecular formula is C15H24N5O4P. The minimum atomic E-state index is -3.50. The molecule has 1 atom stereocenters. The largest absolute Gasteiger partial charge is 0.479 e. The minimum Gasteiger partial charge on any atom is -0.479 e. The smallest absolute Gasteiger partial charge is 0.328 e. The third-order valence-electron chi connectivity index (χ3n) is 3.48. The number of nitrogens with two attached hydrogens (primary N) is 1. The highest BCUT2D eigenvalue weighted by atomic mass is 31.2. The number of methoxy groups -OCH3 is 1. The van der Waals surface area contributed by atoms with Crippen molar-refractivity contribution in [1.29, 1.82) is 0 Å². The highest BCUT2D eigenvalue weighted by molar-refractivity contribution is 7.52. The average molecular weight is 369 g/mol. The topological polar surface area (TPSA) is 125 Å². The first-order chi connectivity index (χ1) is 12.0. The standard InChI is InChI=1S/C15H24N5O4P/c1-3-4-9-24-25(21,22)10-7-5-6-8-20-11-17-12-13(20)18-15(16)19-14(12)23-2/h5-6,11H,3-4,7-10H2,1-2H3,(H,21,22)(H2,16,18,19)/b6-5-. The maximum absolute atomic E-state index is 11.8. The number of hydrogen-bond acceptors (Lipinski definition) is 7. The lowest BCUT2D eigenvalue weighted by atomic mass is 10.4. The molecule has 2 rings (SSSR count). The molecule has 0 saturated carbocycles. The molecule has 0 aliphatic rings. The van der Waals surface area contributed by atoms with Crippen molar-refractivity contribution < 1.29 is 18.7 Å². The number of nitrogen functional groups attached to an aromatic ring is 1. The molecule has 0 amide bonds. The van der Waals surface area contributed by atoms with Crippen LogP contribution in [0.15, 0.2) is 18.5 Å². The van der Waals surface area contributed by atoms with Crippen molar-refractivity contribution in [2.24, 2.45) is 0 Å². The van der Waals surface area contributed by atoms with Gasteiger partial charge in [0.05, 0.1) is 26.2 Å². The van der Waals surface area contributed by atoms with Crippen LogP contribution in [0.4, 0.5) is 5.95 Å². The number of rotatable bonds is 10. The molecule has 25 heavy (non-hydrogen) atoms. The Labute approximate surface area is 146 Å². The summed E-state index contributed by atoms with van der Waals surface area (Å²) in [5.74, 6) is 0.441. The zero-order chi connectivity index (χ0) is 18.3. The number of aromatic nitrogens is 4. The lowest BCUT2D eigenvalue weighted by Gasteiger charge is -2.10. The van der Waals surface area contributed by atoms with Gasteiger partial charge in [0.2, 0.25) is 11.8 Å². The number of imidazole rings is 1. The van der Waals surface area contributed by atoms with Gasteiger partial charge in [0.25, 0.3) is 0 Å². The van der Waals surface area contributed by atoms with Crippen LogP contribution in [-0.2, 0) is 15.6 Å². The monoisotopic (exact) mass is 369 g/mol. The molecule has 0 saturated heterocycles.